The van der Waals surface area contributed by atoms with Crippen molar-refractivity contribution in [3.8, 4) is 0 Å². The number of piperidine rings is 1. The van der Waals surface area contributed by atoms with Gasteiger partial charge in [-0.05, 0) is 44.5 Å². The van der Waals surface area contributed by atoms with Gasteiger partial charge in [-0.1, -0.05) is 6.92 Å². The molecule has 0 saturated carbocycles. The zero-order chi connectivity index (χ0) is 11.4. The average Bonchev–Trinajstić information content (AvgIpc) is 2.33. The number of nitrogens with one attached hydrogen (secondary N) is 1. The average molecular weight is 220 g/mol. The number of hydrogen-bond donors (Lipinski definition) is 1. The predicted molar refractivity (Wildman–Crippen MR) is 65.4 cm³/mol. The molecule has 0 aromatic carbocycles. The summed E-state index contributed by atoms with van der Waals surface area (Å²) in [5, 5.41) is 3.33. The molecule has 0 atom stereocenters. The zero-order valence-electron chi connectivity index (χ0n) is 10.1. The Hall–Kier alpha value is -1.16. The number of likely N-dealkylation sites (tertiary alicyclic amines) is 1. The van der Waals surface area contributed by atoms with E-state index in [1.807, 2.05) is 6.07 Å². The minimum atomic E-state index is 0.381. The summed E-state index contributed by atoms with van der Waals surface area (Å²) in [7, 11) is 2.19. The SMILES string of the molecule is CN1CCC(C)(CNc2ncccn2)CC1. The van der Waals surface area contributed by atoms with Crippen LogP contribution in [0.25, 0.3) is 0 Å². The lowest BCUT2D eigenvalue weighted by atomic mass is 9.80. The Morgan fingerprint density at radius 3 is 2.56 bits per heavy atom. The van der Waals surface area contributed by atoms with Crippen LogP contribution in [0.2, 0.25) is 0 Å². The van der Waals surface area contributed by atoms with Crippen molar-refractivity contribution in [3.05, 3.63) is 18.5 Å². The van der Waals surface area contributed by atoms with E-state index in [0.29, 0.717) is 5.41 Å². The first-order valence-corrected chi connectivity index (χ1v) is 5.87. The van der Waals surface area contributed by atoms with E-state index >= 15 is 0 Å². The largest absolute Gasteiger partial charge is 0.354 e. The molecule has 0 spiro atoms. The van der Waals surface area contributed by atoms with Crippen LogP contribution in [-0.4, -0.2) is 41.5 Å². The van der Waals surface area contributed by atoms with Gasteiger partial charge in [-0.3, -0.25) is 0 Å². The highest BCUT2D eigenvalue weighted by molar-refractivity contribution is 5.22. The zero-order valence-corrected chi connectivity index (χ0v) is 10.1. The van der Waals surface area contributed by atoms with Crippen LogP contribution in [0.5, 0.6) is 0 Å². The van der Waals surface area contributed by atoms with Gasteiger partial charge in [-0.25, -0.2) is 9.97 Å². The smallest absolute Gasteiger partial charge is 0.222 e. The molecule has 1 aliphatic heterocycles. The Balaban J connectivity index is 1.85. The number of rotatable bonds is 3. The van der Waals surface area contributed by atoms with Gasteiger partial charge >= 0.3 is 0 Å². The Morgan fingerprint density at radius 2 is 1.94 bits per heavy atom. The van der Waals surface area contributed by atoms with Crippen molar-refractivity contribution in [1.29, 1.82) is 0 Å². The Kier molecular flexibility index (Phi) is 3.39. The van der Waals surface area contributed by atoms with Crippen LogP contribution in [0, 0.1) is 5.41 Å². The quantitative estimate of drug-likeness (QED) is 0.840. The van der Waals surface area contributed by atoms with Gasteiger partial charge in [0.1, 0.15) is 0 Å². The first-order chi connectivity index (χ1) is 7.68. The molecule has 2 heterocycles. The first kappa shape index (κ1) is 11.3. The van der Waals surface area contributed by atoms with Crippen LogP contribution in [-0.2, 0) is 0 Å². The number of nitrogens with zero attached hydrogens (tertiary/aromatic N) is 3. The van der Waals surface area contributed by atoms with Crippen molar-refractivity contribution in [2.24, 2.45) is 5.41 Å². The molecule has 1 saturated heterocycles. The topological polar surface area (TPSA) is 41.0 Å². The molecule has 4 heteroatoms. The molecule has 16 heavy (non-hydrogen) atoms. The van der Waals surface area contributed by atoms with Crippen molar-refractivity contribution < 1.29 is 0 Å². The van der Waals surface area contributed by atoms with Crippen LogP contribution < -0.4 is 5.32 Å². The van der Waals surface area contributed by atoms with E-state index in [2.05, 4.69) is 34.2 Å². The molecule has 1 aromatic heterocycles. The third kappa shape index (κ3) is 2.92. The maximum absolute atomic E-state index is 4.18. The van der Waals surface area contributed by atoms with Crippen molar-refractivity contribution in [3.63, 3.8) is 0 Å². The molecular weight excluding hydrogens is 200 g/mol. The molecule has 0 bridgehead atoms. The van der Waals surface area contributed by atoms with Crippen molar-refractivity contribution in [2.75, 3.05) is 32.0 Å². The minimum Gasteiger partial charge on any atom is -0.354 e. The molecule has 0 unspecified atom stereocenters. The van der Waals surface area contributed by atoms with Crippen molar-refractivity contribution in [1.82, 2.24) is 14.9 Å². The maximum atomic E-state index is 4.18. The molecule has 4 nitrogen and oxygen atoms in total. The van der Waals surface area contributed by atoms with Crippen LogP contribution in [0.1, 0.15) is 19.8 Å². The fourth-order valence-corrected chi connectivity index (χ4v) is 2.02. The lowest BCUT2D eigenvalue weighted by Crippen LogP contribution is -2.40. The molecule has 1 aliphatic rings. The lowest BCUT2D eigenvalue weighted by molar-refractivity contribution is 0.150. The van der Waals surface area contributed by atoms with Gasteiger partial charge in [0.25, 0.3) is 0 Å². The predicted octanol–water partition coefficient (Wildman–Crippen LogP) is 1.62. The van der Waals surface area contributed by atoms with Gasteiger partial charge in [0.15, 0.2) is 0 Å². The summed E-state index contributed by atoms with van der Waals surface area (Å²) in [4.78, 5) is 10.7. The van der Waals surface area contributed by atoms with E-state index in [-0.39, 0.29) is 0 Å². The molecule has 2 rings (SSSR count). The Bertz CT molecular complexity index is 317. The van der Waals surface area contributed by atoms with E-state index in [1.54, 1.807) is 12.4 Å². The van der Waals surface area contributed by atoms with E-state index in [0.717, 1.165) is 12.5 Å². The van der Waals surface area contributed by atoms with Crippen LogP contribution in [0.15, 0.2) is 18.5 Å². The summed E-state index contributed by atoms with van der Waals surface area (Å²) in [5.41, 5.74) is 0.381. The third-order valence-corrected chi connectivity index (χ3v) is 3.43. The molecule has 0 radical (unpaired) electrons. The van der Waals surface area contributed by atoms with Gasteiger partial charge < -0.3 is 10.2 Å². The second-order valence-corrected chi connectivity index (χ2v) is 5.04. The van der Waals surface area contributed by atoms with Gasteiger partial charge in [-0.15, -0.1) is 0 Å². The van der Waals surface area contributed by atoms with Crippen LogP contribution in [0.3, 0.4) is 0 Å². The Morgan fingerprint density at radius 1 is 1.31 bits per heavy atom. The van der Waals surface area contributed by atoms with E-state index < -0.39 is 0 Å². The lowest BCUT2D eigenvalue weighted by Gasteiger charge is -2.37. The molecule has 0 amide bonds. The molecule has 1 fully saturated rings. The first-order valence-electron chi connectivity index (χ1n) is 5.87. The maximum Gasteiger partial charge on any atom is 0.222 e. The highest BCUT2D eigenvalue weighted by Crippen LogP contribution is 2.30. The van der Waals surface area contributed by atoms with E-state index in [4.69, 9.17) is 0 Å². The Labute approximate surface area is 97.1 Å². The standard InChI is InChI=1S/C12H20N4/c1-12(4-8-16(2)9-5-12)10-15-11-13-6-3-7-14-11/h3,6-7H,4-5,8-10H2,1-2H3,(H,13,14,15). The number of hydrogen-bond acceptors (Lipinski definition) is 4. The molecule has 0 aliphatic carbocycles. The number of anilines is 1. The van der Waals surface area contributed by atoms with Gasteiger partial charge in [-0.2, -0.15) is 0 Å². The normalized spacial score (nSPS) is 20.6. The van der Waals surface area contributed by atoms with Gasteiger partial charge in [0.2, 0.25) is 5.95 Å². The summed E-state index contributed by atoms with van der Waals surface area (Å²) < 4.78 is 0. The van der Waals surface area contributed by atoms with Gasteiger partial charge in [0, 0.05) is 18.9 Å². The summed E-state index contributed by atoms with van der Waals surface area (Å²) in [6, 6.07) is 1.84. The van der Waals surface area contributed by atoms with Crippen molar-refractivity contribution in [2.45, 2.75) is 19.8 Å². The summed E-state index contributed by atoms with van der Waals surface area (Å²) in [6.45, 7) is 5.68. The minimum absolute atomic E-state index is 0.381. The molecule has 1 aromatic rings. The third-order valence-electron chi connectivity index (χ3n) is 3.43. The van der Waals surface area contributed by atoms with Crippen LogP contribution in [0.4, 0.5) is 5.95 Å². The second-order valence-electron chi connectivity index (χ2n) is 5.04. The second kappa shape index (κ2) is 4.78. The fourth-order valence-electron chi connectivity index (χ4n) is 2.02. The van der Waals surface area contributed by atoms with Gasteiger partial charge in [0.05, 0.1) is 0 Å². The van der Waals surface area contributed by atoms with Crippen LogP contribution >= 0.6 is 0 Å². The van der Waals surface area contributed by atoms with Crippen molar-refractivity contribution >= 4 is 5.95 Å². The summed E-state index contributed by atoms with van der Waals surface area (Å²) in [6.07, 6.45) is 6.02. The molecule has 1 N–H and O–H groups in total. The van der Waals surface area contributed by atoms with E-state index in [9.17, 15) is 0 Å². The highest BCUT2D eigenvalue weighted by atomic mass is 15.1. The molecular formula is C12H20N4. The summed E-state index contributed by atoms with van der Waals surface area (Å²) >= 11 is 0. The van der Waals surface area contributed by atoms with E-state index in [1.165, 1.54) is 25.9 Å². The number of aromatic nitrogens is 2. The fraction of sp³-hybridized carbons (Fsp3) is 0.667. The highest BCUT2D eigenvalue weighted by Gasteiger charge is 2.28. The monoisotopic (exact) mass is 220 g/mol. The molecule has 88 valence electrons. The summed E-state index contributed by atoms with van der Waals surface area (Å²) in [5.74, 6) is 0.739.